The molecule has 0 spiro atoms. The highest BCUT2D eigenvalue weighted by atomic mass is 16.7. The summed E-state index contributed by atoms with van der Waals surface area (Å²) in [6.07, 6.45) is 2.03. The highest BCUT2D eigenvalue weighted by Gasteiger charge is 2.26. The molecule has 0 aromatic rings. The third-order valence-electron chi connectivity index (χ3n) is 2.76. The van der Waals surface area contributed by atoms with Gasteiger partial charge in [-0.2, -0.15) is 0 Å². The van der Waals surface area contributed by atoms with Crippen molar-refractivity contribution >= 4 is 6.16 Å². The van der Waals surface area contributed by atoms with Gasteiger partial charge in [0.05, 0.1) is 26.7 Å². The molecule has 0 bridgehead atoms. The van der Waals surface area contributed by atoms with Crippen molar-refractivity contribution in [2.24, 2.45) is 0 Å². The van der Waals surface area contributed by atoms with Gasteiger partial charge in [-0.25, -0.2) is 4.79 Å². The van der Waals surface area contributed by atoms with Crippen molar-refractivity contribution in [3.05, 3.63) is 0 Å². The molecule has 4 heteroatoms. The quantitative estimate of drug-likeness (QED) is 0.510. The normalized spacial score (nSPS) is 19.3. The van der Waals surface area contributed by atoms with E-state index in [0.717, 1.165) is 11.0 Å². The van der Waals surface area contributed by atoms with Crippen LogP contribution in [0.25, 0.3) is 0 Å². The summed E-state index contributed by atoms with van der Waals surface area (Å²) in [5.41, 5.74) is 0. The zero-order chi connectivity index (χ0) is 10.4. The summed E-state index contributed by atoms with van der Waals surface area (Å²) in [6, 6.07) is 0. The molecule has 1 aliphatic rings. The molecule has 0 aromatic heterocycles. The van der Waals surface area contributed by atoms with Gasteiger partial charge in [0.1, 0.15) is 13.2 Å². The lowest BCUT2D eigenvalue weighted by atomic mass is 10.4. The Kier molecular flexibility index (Phi) is 4.20. The van der Waals surface area contributed by atoms with E-state index in [2.05, 4.69) is 11.8 Å². The number of likely N-dealkylation sites (N-methyl/N-ethyl adjacent to an activating group) is 1. The van der Waals surface area contributed by atoms with Gasteiger partial charge in [-0.1, -0.05) is 0 Å². The first-order valence-electron chi connectivity index (χ1n) is 5.29. The Bertz CT molecular complexity index is 188. The van der Waals surface area contributed by atoms with E-state index in [-0.39, 0.29) is 0 Å². The van der Waals surface area contributed by atoms with Crippen LogP contribution in [0.5, 0.6) is 0 Å². The smallest absolute Gasteiger partial charge is 0.435 e. The summed E-state index contributed by atoms with van der Waals surface area (Å²) < 4.78 is 10.6. The van der Waals surface area contributed by atoms with E-state index in [4.69, 9.17) is 4.74 Å². The number of likely N-dealkylation sites (tertiary alicyclic amines) is 1. The van der Waals surface area contributed by atoms with Gasteiger partial charge >= 0.3 is 6.16 Å². The second-order valence-electron chi connectivity index (χ2n) is 4.03. The molecule has 1 heterocycles. The second-order valence-corrected chi connectivity index (χ2v) is 4.03. The molecule has 4 nitrogen and oxygen atoms in total. The van der Waals surface area contributed by atoms with Crippen molar-refractivity contribution in [3.8, 4) is 0 Å². The topological polar surface area (TPSA) is 35.5 Å². The number of hydrogen-bond donors (Lipinski definition) is 0. The number of quaternary nitrogens is 1. The molecule has 0 N–H and O–H groups in total. The molecule has 14 heavy (non-hydrogen) atoms. The lowest BCUT2D eigenvalue weighted by Gasteiger charge is -2.28. The minimum absolute atomic E-state index is 0.380. The van der Waals surface area contributed by atoms with Crippen LogP contribution in [0.1, 0.15) is 19.8 Å². The maximum atomic E-state index is 10.9. The Labute approximate surface area is 85.4 Å². The number of carbonyl (C=O) groups excluding carboxylic acids is 1. The number of rotatable bonds is 4. The molecule has 0 unspecified atom stereocenters. The molecule has 1 fully saturated rings. The van der Waals surface area contributed by atoms with Crippen LogP contribution >= 0.6 is 0 Å². The first-order valence-corrected chi connectivity index (χ1v) is 5.29. The van der Waals surface area contributed by atoms with Crippen LogP contribution in [0, 0.1) is 0 Å². The van der Waals surface area contributed by atoms with E-state index in [1.54, 1.807) is 6.92 Å². The monoisotopic (exact) mass is 202 g/mol. The van der Waals surface area contributed by atoms with Gasteiger partial charge < -0.3 is 14.0 Å². The summed E-state index contributed by atoms with van der Waals surface area (Å²) in [5.74, 6) is 0. The molecule has 1 aliphatic heterocycles. The van der Waals surface area contributed by atoms with E-state index in [0.29, 0.717) is 13.2 Å². The van der Waals surface area contributed by atoms with Crippen molar-refractivity contribution in [3.63, 3.8) is 0 Å². The van der Waals surface area contributed by atoms with Gasteiger partial charge in [0.2, 0.25) is 0 Å². The average Bonchev–Trinajstić information content (AvgIpc) is 2.53. The van der Waals surface area contributed by atoms with E-state index in [1.165, 1.54) is 25.9 Å². The van der Waals surface area contributed by atoms with Gasteiger partial charge in [0.15, 0.2) is 0 Å². The van der Waals surface area contributed by atoms with Crippen LogP contribution in [-0.2, 0) is 9.47 Å². The van der Waals surface area contributed by atoms with E-state index < -0.39 is 6.16 Å². The van der Waals surface area contributed by atoms with E-state index >= 15 is 0 Å². The van der Waals surface area contributed by atoms with Crippen LogP contribution in [0.3, 0.4) is 0 Å². The van der Waals surface area contributed by atoms with Gasteiger partial charge in [-0.3, -0.25) is 0 Å². The Morgan fingerprint density at radius 3 is 2.50 bits per heavy atom. The van der Waals surface area contributed by atoms with Crippen molar-refractivity contribution in [1.29, 1.82) is 0 Å². The molecule has 0 aromatic carbocycles. The van der Waals surface area contributed by atoms with Gasteiger partial charge in [0.25, 0.3) is 0 Å². The second kappa shape index (κ2) is 5.20. The van der Waals surface area contributed by atoms with Crippen molar-refractivity contribution in [1.82, 2.24) is 0 Å². The highest BCUT2D eigenvalue weighted by Crippen LogP contribution is 2.15. The van der Waals surface area contributed by atoms with Gasteiger partial charge in [-0.15, -0.1) is 0 Å². The average molecular weight is 202 g/mol. The lowest BCUT2D eigenvalue weighted by Crippen LogP contribution is -2.43. The fraction of sp³-hybridized carbons (Fsp3) is 0.900. The molecule has 1 saturated heterocycles. The Balaban J connectivity index is 2.11. The van der Waals surface area contributed by atoms with Crippen LogP contribution in [0.15, 0.2) is 0 Å². The third kappa shape index (κ3) is 3.54. The number of nitrogens with zero attached hydrogens (tertiary/aromatic N) is 1. The minimum atomic E-state index is -0.543. The first-order chi connectivity index (χ1) is 6.66. The molecule has 0 amide bonds. The zero-order valence-electron chi connectivity index (χ0n) is 9.12. The largest absolute Gasteiger partial charge is 0.508 e. The summed E-state index contributed by atoms with van der Waals surface area (Å²) in [5, 5.41) is 0. The summed E-state index contributed by atoms with van der Waals surface area (Å²) in [4.78, 5) is 10.9. The molecule has 82 valence electrons. The molecular weight excluding hydrogens is 182 g/mol. The maximum Gasteiger partial charge on any atom is 0.508 e. The number of ether oxygens (including phenoxy) is 2. The van der Waals surface area contributed by atoms with Crippen LogP contribution in [-0.4, -0.2) is 50.5 Å². The highest BCUT2D eigenvalue weighted by molar-refractivity contribution is 5.59. The summed E-state index contributed by atoms with van der Waals surface area (Å²) in [6.45, 7) is 5.92. The molecule has 0 saturated carbocycles. The van der Waals surface area contributed by atoms with Crippen LogP contribution in [0.4, 0.5) is 4.79 Å². The predicted molar refractivity (Wildman–Crippen MR) is 53.0 cm³/mol. The minimum Gasteiger partial charge on any atom is -0.435 e. The Morgan fingerprint density at radius 1 is 1.29 bits per heavy atom. The molecular formula is C10H20NO3+. The molecule has 1 rings (SSSR count). The van der Waals surface area contributed by atoms with Crippen LogP contribution < -0.4 is 0 Å². The standard InChI is InChI=1S/C10H20NO3/c1-3-13-10(12)14-9-8-11(2)6-4-5-7-11/h3-9H2,1-2H3/q+1. The maximum absolute atomic E-state index is 10.9. The summed E-state index contributed by atoms with van der Waals surface area (Å²) in [7, 11) is 2.21. The molecule has 0 atom stereocenters. The Hall–Kier alpha value is -0.770. The predicted octanol–water partition coefficient (Wildman–Crippen LogP) is 1.40. The van der Waals surface area contributed by atoms with Crippen molar-refractivity contribution < 1.29 is 18.8 Å². The fourth-order valence-electron chi connectivity index (χ4n) is 1.83. The number of hydrogen-bond acceptors (Lipinski definition) is 3. The molecule has 0 radical (unpaired) electrons. The van der Waals surface area contributed by atoms with Gasteiger partial charge in [0, 0.05) is 12.8 Å². The molecule has 0 aliphatic carbocycles. The van der Waals surface area contributed by atoms with E-state index in [9.17, 15) is 4.79 Å². The first kappa shape index (κ1) is 11.3. The Morgan fingerprint density at radius 2 is 1.93 bits per heavy atom. The van der Waals surface area contributed by atoms with E-state index in [1.807, 2.05) is 0 Å². The van der Waals surface area contributed by atoms with Crippen molar-refractivity contribution in [2.75, 3.05) is 39.9 Å². The summed E-state index contributed by atoms with van der Waals surface area (Å²) >= 11 is 0. The SMILES string of the molecule is CCOC(=O)OCC[N+]1(C)CCCC1. The number of carbonyl (C=O) groups is 1. The zero-order valence-corrected chi connectivity index (χ0v) is 9.12. The lowest BCUT2D eigenvalue weighted by molar-refractivity contribution is -0.897. The fourth-order valence-corrected chi connectivity index (χ4v) is 1.83. The third-order valence-corrected chi connectivity index (χ3v) is 2.76. The van der Waals surface area contributed by atoms with Crippen molar-refractivity contribution in [2.45, 2.75) is 19.8 Å². The van der Waals surface area contributed by atoms with Gasteiger partial charge in [-0.05, 0) is 6.92 Å². The van der Waals surface area contributed by atoms with Crippen LogP contribution in [0.2, 0.25) is 0 Å².